The van der Waals surface area contributed by atoms with Crippen LogP contribution in [0.15, 0.2) is 53.7 Å². The molecule has 0 N–H and O–H groups in total. The minimum atomic E-state index is 0.0636. The van der Waals surface area contributed by atoms with E-state index in [4.69, 9.17) is 0 Å². The topological polar surface area (TPSA) is 44.1 Å². The monoisotopic (exact) mass is 481 g/mol. The molecule has 184 valence electrons. The third-order valence-electron chi connectivity index (χ3n) is 6.34. The number of aromatic nitrogens is 2. The van der Waals surface area contributed by atoms with Gasteiger partial charge in [0.2, 0.25) is 0 Å². The van der Waals surface area contributed by atoms with Crippen LogP contribution in [-0.4, -0.2) is 65.0 Å². The number of hydrogen-bond acceptors (Lipinski definition) is 5. The summed E-state index contributed by atoms with van der Waals surface area (Å²) in [6, 6.07) is 13.1. The average Bonchev–Trinajstić information content (AvgIpc) is 3.30. The van der Waals surface area contributed by atoms with Crippen molar-refractivity contribution in [1.82, 2.24) is 18.8 Å². The van der Waals surface area contributed by atoms with Gasteiger partial charge in [-0.15, -0.1) is 0 Å². The molecule has 0 unspecified atom stereocenters. The highest BCUT2D eigenvalue weighted by atomic mass is 32.2. The van der Waals surface area contributed by atoms with E-state index in [9.17, 15) is 4.79 Å². The number of anilines is 1. The van der Waals surface area contributed by atoms with Crippen molar-refractivity contribution >= 4 is 29.1 Å². The second-order valence-electron chi connectivity index (χ2n) is 8.51. The van der Waals surface area contributed by atoms with Gasteiger partial charge in [0.1, 0.15) is 0 Å². The Morgan fingerprint density at radius 3 is 2.29 bits per heavy atom. The van der Waals surface area contributed by atoms with Crippen LogP contribution in [-0.2, 0) is 0 Å². The number of amides is 1. The average molecular weight is 482 g/mol. The number of rotatable bonds is 7. The first-order chi connectivity index (χ1) is 16.5. The Kier molecular flexibility index (Phi) is 9.42. The van der Waals surface area contributed by atoms with Crippen LogP contribution in [0.25, 0.3) is 5.52 Å². The van der Waals surface area contributed by atoms with E-state index in [1.807, 2.05) is 55.3 Å². The largest absolute Gasteiger partial charge is 0.378 e. The number of carbonyl (C=O) groups is 1. The summed E-state index contributed by atoms with van der Waals surface area (Å²) in [7, 11) is 4.13. The Morgan fingerprint density at radius 1 is 1.06 bits per heavy atom. The molecule has 3 heterocycles. The van der Waals surface area contributed by atoms with Crippen LogP contribution in [0.4, 0.5) is 5.69 Å². The first-order valence-corrected chi connectivity index (χ1v) is 13.2. The predicted molar refractivity (Wildman–Crippen MR) is 144 cm³/mol. The summed E-state index contributed by atoms with van der Waals surface area (Å²) in [5, 5.41) is 4.41. The molecule has 0 saturated carbocycles. The van der Waals surface area contributed by atoms with Crippen molar-refractivity contribution in [2.75, 3.05) is 45.2 Å². The SMILES string of the molecule is CC.CCN(CC)C(=O)c1cnn2ccc(C3CCN(Sc4ccc(N(C)C)cc4)CC3)cc12. The van der Waals surface area contributed by atoms with Crippen molar-refractivity contribution in [2.24, 2.45) is 0 Å². The van der Waals surface area contributed by atoms with Crippen molar-refractivity contribution in [2.45, 2.75) is 51.3 Å². The van der Waals surface area contributed by atoms with Gasteiger partial charge in [-0.2, -0.15) is 5.10 Å². The number of fused-ring (bicyclic) bond motifs is 1. The number of benzene rings is 1. The Balaban J connectivity index is 0.00000158. The lowest BCUT2D eigenvalue weighted by atomic mass is 9.90. The van der Waals surface area contributed by atoms with Gasteiger partial charge in [-0.25, -0.2) is 8.82 Å². The maximum absolute atomic E-state index is 12.9. The fraction of sp³-hybridized carbons (Fsp3) is 0.481. The molecular formula is C27H39N5OS. The van der Waals surface area contributed by atoms with E-state index < -0.39 is 0 Å². The lowest BCUT2D eigenvalue weighted by Gasteiger charge is -2.31. The van der Waals surface area contributed by atoms with Crippen molar-refractivity contribution in [3.8, 4) is 0 Å². The summed E-state index contributed by atoms with van der Waals surface area (Å²) in [5.74, 6) is 0.577. The number of carbonyl (C=O) groups excluding carboxylic acids is 1. The van der Waals surface area contributed by atoms with E-state index in [1.54, 1.807) is 6.20 Å². The molecule has 1 aromatic carbocycles. The van der Waals surface area contributed by atoms with Gasteiger partial charge >= 0.3 is 0 Å². The van der Waals surface area contributed by atoms with Crippen LogP contribution in [0.2, 0.25) is 0 Å². The second kappa shape index (κ2) is 12.3. The summed E-state index contributed by atoms with van der Waals surface area (Å²) in [6.45, 7) is 11.6. The van der Waals surface area contributed by atoms with E-state index in [0.29, 0.717) is 24.6 Å². The van der Waals surface area contributed by atoms with Gasteiger partial charge in [-0.1, -0.05) is 13.8 Å². The van der Waals surface area contributed by atoms with Crippen LogP contribution >= 0.6 is 11.9 Å². The molecule has 0 atom stereocenters. The number of pyridine rings is 1. The van der Waals surface area contributed by atoms with Crippen molar-refractivity contribution in [1.29, 1.82) is 0 Å². The molecule has 0 spiro atoms. The zero-order valence-electron chi connectivity index (χ0n) is 21.5. The summed E-state index contributed by atoms with van der Waals surface area (Å²) < 4.78 is 4.29. The highest BCUT2D eigenvalue weighted by Gasteiger charge is 2.23. The predicted octanol–water partition coefficient (Wildman–Crippen LogP) is 5.80. The quantitative estimate of drug-likeness (QED) is 0.399. The third-order valence-corrected chi connectivity index (χ3v) is 7.45. The second-order valence-corrected chi connectivity index (χ2v) is 9.68. The van der Waals surface area contributed by atoms with Crippen LogP contribution in [0.1, 0.15) is 62.4 Å². The molecular weight excluding hydrogens is 442 g/mol. The van der Waals surface area contributed by atoms with Gasteiger partial charge in [-0.3, -0.25) is 4.79 Å². The van der Waals surface area contributed by atoms with Crippen LogP contribution < -0.4 is 4.90 Å². The van der Waals surface area contributed by atoms with Gasteiger partial charge in [0.25, 0.3) is 5.91 Å². The molecule has 0 aliphatic carbocycles. The molecule has 1 amide bonds. The molecule has 6 nitrogen and oxygen atoms in total. The van der Waals surface area contributed by atoms with Gasteiger partial charge in [-0.05, 0) is 86.5 Å². The number of hydrogen-bond donors (Lipinski definition) is 0. The van der Waals surface area contributed by atoms with Gasteiger partial charge in [0.15, 0.2) is 0 Å². The molecule has 1 saturated heterocycles. The van der Waals surface area contributed by atoms with Crippen molar-refractivity contribution in [3.05, 3.63) is 59.9 Å². The molecule has 1 aliphatic heterocycles. The molecule has 1 fully saturated rings. The van der Waals surface area contributed by atoms with Crippen LogP contribution in [0.3, 0.4) is 0 Å². The van der Waals surface area contributed by atoms with Gasteiger partial charge in [0, 0.05) is 57.1 Å². The number of nitrogens with zero attached hydrogens (tertiary/aromatic N) is 5. The normalized spacial score (nSPS) is 14.5. The van der Waals surface area contributed by atoms with Crippen molar-refractivity contribution < 1.29 is 4.79 Å². The fourth-order valence-corrected chi connectivity index (χ4v) is 5.28. The summed E-state index contributed by atoms with van der Waals surface area (Å²) in [4.78, 5) is 18.2. The van der Waals surface area contributed by atoms with E-state index in [0.717, 1.165) is 31.4 Å². The summed E-state index contributed by atoms with van der Waals surface area (Å²) >= 11 is 1.85. The molecule has 7 heteroatoms. The molecule has 3 aromatic rings. The zero-order valence-corrected chi connectivity index (χ0v) is 22.3. The molecule has 0 bridgehead atoms. The van der Waals surface area contributed by atoms with Crippen LogP contribution in [0, 0.1) is 0 Å². The molecule has 0 radical (unpaired) electrons. The first kappa shape index (κ1) is 26.1. The third kappa shape index (κ3) is 5.94. The smallest absolute Gasteiger partial charge is 0.257 e. The highest BCUT2D eigenvalue weighted by molar-refractivity contribution is 7.97. The fourth-order valence-electron chi connectivity index (χ4n) is 4.33. The van der Waals surface area contributed by atoms with E-state index in [2.05, 4.69) is 64.8 Å². The minimum Gasteiger partial charge on any atom is -0.378 e. The zero-order chi connectivity index (χ0) is 24.7. The maximum atomic E-state index is 12.9. The van der Waals surface area contributed by atoms with E-state index in [-0.39, 0.29) is 5.91 Å². The molecule has 34 heavy (non-hydrogen) atoms. The molecule has 2 aromatic heterocycles. The Morgan fingerprint density at radius 2 is 1.71 bits per heavy atom. The van der Waals surface area contributed by atoms with E-state index >= 15 is 0 Å². The maximum Gasteiger partial charge on any atom is 0.257 e. The molecule has 1 aliphatic rings. The Bertz CT molecular complexity index is 1050. The summed E-state index contributed by atoms with van der Waals surface area (Å²) in [6.07, 6.45) is 5.94. The van der Waals surface area contributed by atoms with Gasteiger partial charge < -0.3 is 9.80 Å². The Hall–Kier alpha value is -2.51. The highest BCUT2D eigenvalue weighted by Crippen LogP contribution is 2.34. The lowest BCUT2D eigenvalue weighted by molar-refractivity contribution is 0.0775. The minimum absolute atomic E-state index is 0.0636. The van der Waals surface area contributed by atoms with Crippen molar-refractivity contribution in [3.63, 3.8) is 0 Å². The standard InChI is InChI=1S/C25H33N5OS.C2H6/c1-5-28(6-2)25(31)23-18-26-30-16-13-20(17-24(23)30)19-11-14-29(15-12-19)32-22-9-7-21(8-10-22)27(3)4;1-2/h7-10,13,16-19H,5-6,11-12,14-15H2,1-4H3;1-2H3. The van der Waals surface area contributed by atoms with Crippen LogP contribution in [0.5, 0.6) is 0 Å². The van der Waals surface area contributed by atoms with E-state index in [1.165, 1.54) is 16.1 Å². The Labute approximate surface area is 209 Å². The summed E-state index contributed by atoms with van der Waals surface area (Å²) in [5.41, 5.74) is 4.15. The lowest BCUT2D eigenvalue weighted by Crippen LogP contribution is -2.30. The molecule has 4 rings (SSSR count). The first-order valence-electron chi connectivity index (χ1n) is 12.5. The van der Waals surface area contributed by atoms with Gasteiger partial charge in [0.05, 0.1) is 17.3 Å². The number of piperidine rings is 1.